The summed E-state index contributed by atoms with van der Waals surface area (Å²) in [6, 6.07) is 5.87. The smallest absolute Gasteiger partial charge is 0.277 e. The summed E-state index contributed by atoms with van der Waals surface area (Å²) in [7, 11) is -3.26. The molecule has 0 saturated heterocycles. The summed E-state index contributed by atoms with van der Waals surface area (Å²) >= 11 is 0. The van der Waals surface area contributed by atoms with Gasteiger partial charge in [-0.3, -0.25) is 4.79 Å². The third-order valence-electron chi connectivity index (χ3n) is 2.91. The first-order chi connectivity index (χ1) is 10.6. The molecule has 1 rings (SSSR count). The lowest BCUT2D eigenvalue weighted by Gasteiger charge is -2.14. The second-order valence-electron chi connectivity index (χ2n) is 5.03. The molecule has 0 atom stereocenters. The number of carbonyl (C=O) groups is 1. The number of carbonyl (C=O) groups excluding carboxylic acids is 1. The predicted molar refractivity (Wildman–Crippen MR) is 88.5 cm³/mol. The molecule has 0 radical (unpaired) electrons. The lowest BCUT2D eigenvalue weighted by Crippen LogP contribution is -2.41. The van der Waals surface area contributed by atoms with Crippen LogP contribution in [-0.4, -0.2) is 46.2 Å². The van der Waals surface area contributed by atoms with Gasteiger partial charge in [0.25, 0.3) is 5.92 Å². The molecular formula is C14H21ClF2N2O4S. The zero-order valence-electron chi connectivity index (χ0n) is 13.1. The van der Waals surface area contributed by atoms with Crippen molar-refractivity contribution in [2.75, 3.05) is 26.0 Å². The van der Waals surface area contributed by atoms with Crippen molar-refractivity contribution in [3.8, 4) is 5.75 Å². The molecule has 0 unspecified atom stereocenters. The topological polar surface area (TPSA) is 98.5 Å². The fourth-order valence-electron chi connectivity index (χ4n) is 1.59. The molecule has 1 amide bonds. The number of halogens is 3. The molecule has 24 heavy (non-hydrogen) atoms. The van der Waals surface area contributed by atoms with E-state index in [0.29, 0.717) is 12.2 Å². The molecule has 138 valence electrons. The maximum atomic E-state index is 12.8. The number of nitrogens with one attached hydrogen (secondary N) is 1. The van der Waals surface area contributed by atoms with Crippen molar-refractivity contribution in [1.29, 1.82) is 0 Å². The van der Waals surface area contributed by atoms with Gasteiger partial charge in [-0.05, 0) is 30.7 Å². The first-order valence-corrected chi connectivity index (χ1v) is 8.81. The van der Waals surface area contributed by atoms with E-state index in [-0.39, 0.29) is 30.3 Å². The SMILES string of the molecule is CS(=O)(=O)c1ccc(OCCCC(=O)NCC(F)(F)CN)cc1.Cl. The highest BCUT2D eigenvalue weighted by atomic mass is 35.5. The molecule has 0 heterocycles. The van der Waals surface area contributed by atoms with Crippen molar-refractivity contribution in [3.05, 3.63) is 24.3 Å². The number of benzene rings is 1. The summed E-state index contributed by atoms with van der Waals surface area (Å²) in [5.74, 6) is -3.14. The summed E-state index contributed by atoms with van der Waals surface area (Å²) in [5, 5.41) is 2.11. The zero-order valence-corrected chi connectivity index (χ0v) is 14.8. The fourth-order valence-corrected chi connectivity index (χ4v) is 2.22. The Balaban J connectivity index is 0.00000529. The van der Waals surface area contributed by atoms with Crippen LogP contribution in [-0.2, 0) is 14.6 Å². The van der Waals surface area contributed by atoms with Crippen molar-refractivity contribution in [2.45, 2.75) is 23.7 Å². The largest absolute Gasteiger partial charge is 0.494 e. The van der Waals surface area contributed by atoms with Gasteiger partial charge < -0.3 is 15.8 Å². The normalized spacial score (nSPS) is 11.5. The molecule has 6 nitrogen and oxygen atoms in total. The van der Waals surface area contributed by atoms with Gasteiger partial charge in [0.15, 0.2) is 9.84 Å². The quantitative estimate of drug-likeness (QED) is 0.625. The molecular weight excluding hydrogens is 366 g/mol. The van der Waals surface area contributed by atoms with Crippen LogP contribution in [0.3, 0.4) is 0 Å². The van der Waals surface area contributed by atoms with Gasteiger partial charge in [0.2, 0.25) is 5.91 Å². The number of nitrogens with two attached hydrogens (primary N) is 1. The summed E-state index contributed by atoms with van der Waals surface area (Å²) in [4.78, 5) is 11.5. The van der Waals surface area contributed by atoms with Gasteiger partial charge in [0.1, 0.15) is 5.75 Å². The number of alkyl halides is 2. The molecule has 1 aromatic carbocycles. The zero-order chi connectivity index (χ0) is 17.5. The first kappa shape index (κ1) is 22.6. The van der Waals surface area contributed by atoms with Crippen LogP contribution in [0.15, 0.2) is 29.2 Å². The minimum atomic E-state index is -3.26. The first-order valence-electron chi connectivity index (χ1n) is 6.91. The van der Waals surface area contributed by atoms with Crippen LogP contribution in [0.4, 0.5) is 8.78 Å². The minimum absolute atomic E-state index is 0. The van der Waals surface area contributed by atoms with Gasteiger partial charge in [-0.2, -0.15) is 0 Å². The summed E-state index contributed by atoms with van der Waals surface area (Å²) in [5.41, 5.74) is 4.86. The van der Waals surface area contributed by atoms with Gasteiger partial charge in [-0.15, -0.1) is 12.4 Å². The van der Waals surface area contributed by atoms with Crippen molar-refractivity contribution < 1.29 is 26.7 Å². The molecule has 0 bridgehead atoms. The van der Waals surface area contributed by atoms with E-state index >= 15 is 0 Å². The van der Waals surface area contributed by atoms with Gasteiger partial charge >= 0.3 is 0 Å². The van der Waals surface area contributed by atoms with E-state index in [9.17, 15) is 22.0 Å². The monoisotopic (exact) mass is 386 g/mol. The molecule has 10 heteroatoms. The summed E-state index contributed by atoms with van der Waals surface area (Å²) < 4.78 is 53.6. The van der Waals surface area contributed by atoms with Crippen molar-refractivity contribution in [2.24, 2.45) is 5.73 Å². The Morgan fingerprint density at radius 1 is 1.29 bits per heavy atom. The third kappa shape index (κ3) is 8.42. The van der Waals surface area contributed by atoms with Gasteiger partial charge in [-0.1, -0.05) is 0 Å². The number of rotatable bonds is 9. The van der Waals surface area contributed by atoms with Crippen molar-refractivity contribution in [3.63, 3.8) is 0 Å². The van der Waals surface area contributed by atoms with Gasteiger partial charge in [0, 0.05) is 12.7 Å². The lowest BCUT2D eigenvalue weighted by atomic mass is 10.3. The highest BCUT2D eigenvalue weighted by molar-refractivity contribution is 7.90. The van der Waals surface area contributed by atoms with Crippen LogP contribution in [0.1, 0.15) is 12.8 Å². The minimum Gasteiger partial charge on any atom is -0.494 e. The van der Waals surface area contributed by atoms with Crippen LogP contribution < -0.4 is 15.8 Å². The third-order valence-corrected chi connectivity index (χ3v) is 4.04. The summed E-state index contributed by atoms with van der Waals surface area (Å²) in [6.45, 7) is -1.39. The second-order valence-corrected chi connectivity index (χ2v) is 7.05. The Morgan fingerprint density at radius 3 is 2.38 bits per heavy atom. The van der Waals surface area contributed by atoms with Gasteiger partial charge in [-0.25, -0.2) is 17.2 Å². The Hall–Kier alpha value is -1.45. The molecule has 0 saturated carbocycles. The molecule has 0 aromatic heterocycles. The molecule has 0 spiro atoms. The standard InChI is InChI=1S/C14H20F2N2O4S.ClH/c1-23(20,21)12-6-4-11(5-7-12)22-8-2-3-13(19)18-10-14(15,16)9-17;/h4-7H,2-3,8-10,17H2,1H3,(H,18,19);1H. The molecule has 1 aromatic rings. The number of hydrogen-bond donors (Lipinski definition) is 2. The van der Waals surface area contributed by atoms with E-state index in [1.165, 1.54) is 24.3 Å². The fraction of sp³-hybridized carbons (Fsp3) is 0.500. The average Bonchev–Trinajstić information content (AvgIpc) is 2.49. The number of amides is 1. The van der Waals surface area contributed by atoms with E-state index in [4.69, 9.17) is 10.5 Å². The molecule has 0 fully saturated rings. The van der Waals surface area contributed by atoms with E-state index in [1.807, 2.05) is 0 Å². The van der Waals surface area contributed by atoms with Crippen LogP contribution in [0.5, 0.6) is 5.75 Å². The highest BCUT2D eigenvalue weighted by Crippen LogP contribution is 2.16. The summed E-state index contributed by atoms with van der Waals surface area (Å²) in [6.07, 6.45) is 1.49. The highest BCUT2D eigenvalue weighted by Gasteiger charge is 2.26. The maximum Gasteiger partial charge on any atom is 0.277 e. The van der Waals surface area contributed by atoms with Crippen LogP contribution >= 0.6 is 12.4 Å². The Morgan fingerprint density at radius 2 is 1.88 bits per heavy atom. The molecule has 0 aliphatic heterocycles. The van der Waals surface area contributed by atoms with Gasteiger partial charge in [0.05, 0.1) is 24.6 Å². The molecule has 0 aliphatic rings. The Kier molecular flexibility index (Phi) is 9.16. The maximum absolute atomic E-state index is 12.8. The van der Waals surface area contributed by atoms with E-state index < -0.39 is 34.8 Å². The number of hydrogen-bond acceptors (Lipinski definition) is 5. The van der Waals surface area contributed by atoms with Crippen molar-refractivity contribution >= 4 is 28.2 Å². The van der Waals surface area contributed by atoms with E-state index in [0.717, 1.165) is 6.26 Å². The van der Waals surface area contributed by atoms with Crippen LogP contribution in [0.2, 0.25) is 0 Å². The average molecular weight is 387 g/mol. The van der Waals surface area contributed by atoms with E-state index in [1.54, 1.807) is 0 Å². The molecule has 3 N–H and O–H groups in total. The van der Waals surface area contributed by atoms with Crippen LogP contribution in [0.25, 0.3) is 0 Å². The van der Waals surface area contributed by atoms with Crippen LogP contribution in [0, 0.1) is 0 Å². The number of ether oxygens (including phenoxy) is 1. The van der Waals surface area contributed by atoms with E-state index in [2.05, 4.69) is 5.32 Å². The number of sulfone groups is 1. The predicted octanol–water partition coefficient (Wildman–Crippen LogP) is 1.38. The second kappa shape index (κ2) is 9.75. The Labute approximate surface area is 146 Å². The van der Waals surface area contributed by atoms with Crippen molar-refractivity contribution in [1.82, 2.24) is 5.32 Å². The Bertz CT molecular complexity index is 624. The lowest BCUT2D eigenvalue weighted by molar-refractivity contribution is -0.123. The molecule has 0 aliphatic carbocycles.